The van der Waals surface area contributed by atoms with E-state index in [2.05, 4.69) is 15.7 Å². The van der Waals surface area contributed by atoms with Gasteiger partial charge in [0.05, 0.1) is 11.8 Å². The van der Waals surface area contributed by atoms with Gasteiger partial charge in [0.1, 0.15) is 0 Å². The van der Waals surface area contributed by atoms with Crippen molar-refractivity contribution in [1.82, 2.24) is 20.4 Å². The third-order valence-electron chi connectivity index (χ3n) is 2.34. The molecule has 1 heterocycles. The molecule has 16 heavy (non-hydrogen) atoms. The number of hydrogen-bond acceptors (Lipinski definition) is 3. The van der Waals surface area contributed by atoms with E-state index < -0.39 is 0 Å². The molecule has 0 aromatic carbocycles. The van der Waals surface area contributed by atoms with Gasteiger partial charge >= 0.3 is 0 Å². The van der Waals surface area contributed by atoms with Crippen LogP contribution in [0.4, 0.5) is 0 Å². The fraction of sp³-hybridized carbons (Fsp3) is 0.636. The van der Waals surface area contributed by atoms with Crippen molar-refractivity contribution in [3.05, 3.63) is 18.0 Å². The molecule has 0 aliphatic rings. The third kappa shape index (κ3) is 3.66. The molecule has 0 bridgehead atoms. The molecule has 0 saturated heterocycles. The number of carbonyl (C=O) groups excluding carboxylic acids is 1. The monoisotopic (exact) mass is 224 g/mol. The molecule has 1 aromatic rings. The van der Waals surface area contributed by atoms with E-state index in [1.54, 1.807) is 17.1 Å². The van der Waals surface area contributed by atoms with Crippen molar-refractivity contribution in [1.29, 1.82) is 0 Å². The Labute approximate surface area is 96.2 Å². The minimum Gasteiger partial charge on any atom is -0.350 e. The zero-order valence-corrected chi connectivity index (χ0v) is 10.2. The smallest absolute Gasteiger partial charge is 0.254 e. The van der Waals surface area contributed by atoms with Crippen molar-refractivity contribution in [2.24, 2.45) is 0 Å². The Hall–Kier alpha value is -1.36. The second kappa shape index (κ2) is 6.27. The molecule has 0 fully saturated rings. The van der Waals surface area contributed by atoms with Gasteiger partial charge in [-0.3, -0.25) is 9.48 Å². The molecular formula is C11H20N4O. The number of aromatic nitrogens is 2. The fourth-order valence-electron chi connectivity index (χ4n) is 1.42. The second-order valence-corrected chi connectivity index (χ2v) is 3.75. The lowest BCUT2D eigenvalue weighted by Gasteiger charge is -2.12. The highest BCUT2D eigenvalue weighted by Crippen LogP contribution is 1.97. The zero-order chi connectivity index (χ0) is 12.0. The lowest BCUT2D eigenvalue weighted by molar-refractivity contribution is 0.0950. The van der Waals surface area contributed by atoms with Gasteiger partial charge in [-0.05, 0) is 20.4 Å². The van der Waals surface area contributed by atoms with E-state index >= 15 is 0 Å². The summed E-state index contributed by atoms with van der Waals surface area (Å²) in [5.41, 5.74) is 0.616. The summed E-state index contributed by atoms with van der Waals surface area (Å²) in [6, 6.07) is 0.287. The summed E-state index contributed by atoms with van der Waals surface area (Å²) in [7, 11) is 0. The predicted octanol–water partition coefficient (Wildman–Crippen LogP) is 0.631. The van der Waals surface area contributed by atoms with E-state index in [-0.39, 0.29) is 11.9 Å². The number of nitrogens with one attached hydrogen (secondary N) is 2. The SMILES string of the molecule is CCN[C@H](C)CNC(=O)c1cnn(CC)c1. The predicted molar refractivity (Wildman–Crippen MR) is 63.4 cm³/mol. The Morgan fingerprint density at radius 3 is 2.88 bits per heavy atom. The molecule has 1 rings (SSSR count). The van der Waals surface area contributed by atoms with Gasteiger partial charge in [-0.25, -0.2) is 0 Å². The Morgan fingerprint density at radius 1 is 1.56 bits per heavy atom. The summed E-state index contributed by atoms with van der Waals surface area (Å²) in [6.45, 7) is 8.39. The molecule has 0 spiro atoms. The van der Waals surface area contributed by atoms with Crippen LogP contribution >= 0.6 is 0 Å². The molecule has 90 valence electrons. The van der Waals surface area contributed by atoms with Gasteiger partial charge in [0.15, 0.2) is 0 Å². The molecule has 1 atom stereocenters. The van der Waals surface area contributed by atoms with E-state index in [4.69, 9.17) is 0 Å². The van der Waals surface area contributed by atoms with Crippen LogP contribution in [-0.4, -0.2) is 34.8 Å². The molecule has 1 aromatic heterocycles. The van der Waals surface area contributed by atoms with Crippen LogP contribution in [0.1, 0.15) is 31.1 Å². The van der Waals surface area contributed by atoms with E-state index in [1.165, 1.54) is 0 Å². The molecule has 0 radical (unpaired) electrons. The molecule has 5 nitrogen and oxygen atoms in total. The molecule has 0 aliphatic carbocycles. The minimum atomic E-state index is -0.0653. The van der Waals surface area contributed by atoms with Crippen LogP contribution in [-0.2, 0) is 6.54 Å². The Bertz CT molecular complexity index is 334. The van der Waals surface area contributed by atoms with Gasteiger partial charge in [-0.15, -0.1) is 0 Å². The first-order valence-electron chi connectivity index (χ1n) is 5.71. The van der Waals surface area contributed by atoms with Gasteiger partial charge in [0, 0.05) is 25.3 Å². The minimum absolute atomic E-state index is 0.0653. The highest BCUT2D eigenvalue weighted by atomic mass is 16.1. The number of amides is 1. The summed E-state index contributed by atoms with van der Waals surface area (Å²) in [6.07, 6.45) is 3.35. The Kier molecular flexibility index (Phi) is 4.98. The largest absolute Gasteiger partial charge is 0.350 e. The van der Waals surface area contributed by atoms with Crippen molar-refractivity contribution in [2.75, 3.05) is 13.1 Å². The molecule has 5 heteroatoms. The number of nitrogens with zero attached hydrogens (tertiary/aromatic N) is 2. The highest BCUT2D eigenvalue weighted by molar-refractivity contribution is 5.93. The quantitative estimate of drug-likeness (QED) is 0.745. The first kappa shape index (κ1) is 12.7. The summed E-state index contributed by atoms with van der Waals surface area (Å²) in [5.74, 6) is -0.0653. The van der Waals surface area contributed by atoms with E-state index in [1.807, 2.05) is 20.8 Å². The maximum atomic E-state index is 11.7. The first-order valence-corrected chi connectivity index (χ1v) is 5.71. The maximum Gasteiger partial charge on any atom is 0.254 e. The molecule has 0 aliphatic heterocycles. The van der Waals surface area contributed by atoms with Gasteiger partial charge in [0.2, 0.25) is 0 Å². The highest BCUT2D eigenvalue weighted by Gasteiger charge is 2.08. The molecule has 0 unspecified atom stereocenters. The van der Waals surface area contributed by atoms with Crippen molar-refractivity contribution in [3.63, 3.8) is 0 Å². The maximum absolute atomic E-state index is 11.7. The van der Waals surface area contributed by atoms with E-state index in [9.17, 15) is 4.79 Å². The number of aryl methyl sites for hydroxylation is 1. The zero-order valence-electron chi connectivity index (χ0n) is 10.2. The van der Waals surface area contributed by atoms with Crippen LogP contribution in [0, 0.1) is 0 Å². The second-order valence-electron chi connectivity index (χ2n) is 3.75. The molecule has 0 saturated carbocycles. The van der Waals surface area contributed by atoms with Crippen LogP contribution < -0.4 is 10.6 Å². The molecular weight excluding hydrogens is 204 g/mol. The lowest BCUT2D eigenvalue weighted by Crippen LogP contribution is -2.38. The number of carbonyl (C=O) groups is 1. The average Bonchev–Trinajstić information content (AvgIpc) is 2.75. The Morgan fingerprint density at radius 2 is 2.31 bits per heavy atom. The van der Waals surface area contributed by atoms with Gasteiger partial charge in [-0.1, -0.05) is 6.92 Å². The summed E-state index contributed by atoms with van der Waals surface area (Å²) >= 11 is 0. The number of rotatable bonds is 6. The van der Waals surface area contributed by atoms with Crippen LogP contribution in [0.25, 0.3) is 0 Å². The van der Waals surface area contributed by atoms with Crippen molar-refractivity contribution in [3.8, 4) is 0 Å². The van der Waals surface area contributed by atoms with Gasteiger partial charge < -0.3 is 10.6 Å². The normalized spacial score (nSPS) is 12.4. The Balaban J connectivity index is 2.40. The van der Waals surface area contributed by atoms with E-state index in [0.29, 0.717) is 12.1 Å². The lowest BCUT2D eigenvalue weighted by atomic mass is 10.3. The van der Waals surface area contributed by atoms with E-state index in [0.717, 1.165) is 13.1 Å². The van der Waals surface area contributed by atoms with Crippen LogP contribution in [0.3, 0.4) is 0 Å². The third-order valence-corrected chi connectivity index (χ3v) is 2.34. The van der Waals surface area contributed by atoms with Crippen molar-refractivity contribution < 1.29 is 4.79 Å². The van der Waals surface area contributed by atoms with Crippen molar-refractivity contribution in [2.45, 2.75) is 33.4 Å². The van der Waals surface area contributed by atoms with Crippen molar-refractivity contribution >= 4 is 5.91 Å². The first-order chi connectivity index (χ1) is 7.67. The topological polar surface area (TPSA) is 58.9 Å². The van der Waals surface area contributed by atoms with Crippen LogP contribution in [0.5, 0.6) is 0 Å². The standard InChI is InChI=1S/C11H20N4O/c1-4-12-9(3)6-13-11(16)10-7-14-15(5-2)8-10/h7-9,12H,4-6H2,1-3H3,(H,13,16)/t9-/m1/s1. The summed E-state index contributed by atoms with van der Waals surface area (Å²) in [5, 5.41) is 10.2. The fourth-order valence-corrected chi connectivity index (χ4v) is 1.42. The van der Waals surface area contributed by atoms with Gasteiger partial charge in [-0.2, -0.15) is 5.10 Å². The van der Waals surface area contributed by atoms with Crippen LogP contribution in [0.2, 0.25) is 0 Å². The summed E-state index contributed by atoms with van der Waals surface area (Å²) < 4.78 is 1.74. The average molecular weight is 224 g/mol. The molecule has 2 N–H and O–H groups in total. The number of likely N-dealkylation sites (N-methyl/N-ethyl adjacent to an activating group) is 1. The summed E-state index contributed by atoms with van der Waals surface area (Å²) in [4.78, 5) is 11.7. The van der Waals surface area contributed by atoms with Gasteiger partial charge in [0.25, 0.3) is 5.91 Å². The number of hydrogen-bond donors (Lipinski definition) is 2. The van der Waals surface area contributed by atoms with Crippen LogP contribution in [0.15, 0.2) is 12.4 Å². The molecule has 1 amide bonds.